The highest BCUT2D eigenvalue weighted by Gasteiger charge is 2.20. The van der Waals surface area contributed by atoms with E-state index in [1.54, 1.807) is 30.5 Å². The van der Waals surface area contributed by atoms with Crippen LogP contribution in [0.2, 0.25) is 0 Å². The Balaban J connectivity index is 1.57. The summed E-state index contributed by atoms with van der Waals surface area (Å²) in [5.74, 6) is -0.807. The number of halogens is 1. The smallest absolute Gasteiger partial charge is 0.265 e. The maximum absolute atomic E-state index is 13.1. The molecule has 29 heavy (non-hydrogen) atoms. The molecule has 8 heteroatoms. The predicted octanol–water partition coefficient (Wildman–Crippen LogP) is 3.12. The van der Waals surface area contributed by atoms with Crippen LogP contribution in [0.15, 0.2) is 63.9 Å². The molecule has 7 nitrogen and oxygen atoms in total. The minimum Gasteiger partial charge on any atom is -0.505 e. The van der Waals surface area contributed by atoms with Gasteiger partial charge in [0.2, 0.25) is 0 Å². The van der Waals surface area contributed by atoms with E-state index in [9.17, 15) is 19.1 Å². The second-order valence-electron chi connectivity index (χ2n) is 6.83. The van der Waals surface area contributed by atoms with Crippen molar-refractivity contribution in [3.8, 4) is 5.75 Å². The largest absolute Gasteiger partial charge is 0.505 e. The molecule has 1 atom stereocenters. The van der Waals surface area contributed by atoms with Crippen LogP contribution in [0.25, 0.3) is 11.0 Å². The molecule has 0 fully saturated rings. The van der Waals surface area contributed by atoms with Crippen LogP contribution >= 0.6 is 0 Å². The summed E-state index contributed by atoms with van der Waals surface area (Å²) in [6, 6.07) is 5.06. The number of furan rings is 1. The molecule has 4 rings (SSSR count). The molecular formula is C21H18FN3O4. The molecule has 1 amide bonds. The Morgan fingerprint density at radius 1 is 1.45 bits per heavy atom. The van der Waals surface area contributed by atoms with E-state index in [-0.39, 0.29) is 23.8 Å². The SMILES string of the molecule is O=C(NCc1ccco1)c1c(O)c2ncc(CC3C=CC(F)=CC3)cc2[nH]c1=O. The van der Waals surface area contributed by atoms with E-state index >= 15 is 0 Å². The van der Waals surface area contributed by atoms with Gasteiger partial charge >= 0.3 is 0 Å². The number of rotatable bonds is 5. The molecular weight excluding hydrogens is 377 g/mol. The monoisotopic (exact) mass is 395 g/mol. The van der Waals surface area contributed by atoms with Crippen LogP contribution < -0.4 is 10.9 Å². The van der Waals surface area contributed by atoms with Crippen LogP contribution in [0.1, 0.15) is 28.1 Å². The summed E-state index contributed by atoms with van der Waals surface area (Å²) in [5.41, 5.74) is 0.164. The number of carbonyl (C=O) groups is 1. The first-order chi connectivity index (χ1) is 14.0. The first-order valence-electron chi connectivity index (χ1n) is 9.09. The maximum Gasteiger partial charge on any atom is 0.265 e. The van der Waals surface area contributed by atoms with Gasteiger partial charge in [-0.25, -0.2) is 4.39 Å². The van der Waals surface area contributed by atoms with E-state index in [0.29, 0.717) is 24.1 Å². The molecule has 0 bridgehead atoms. The Labute approximate surface area is 164 Å². The predicted molar refractivity (Wildman–Crippen MR) is 104 cm³/mol. The van der Waals surface area contributed by atoms with Crippen molar-refractivity contribution >= 4 is 16.9 Å². The number of aromatic hydroxyl groups is 1. The van der Waals surface area contributed by atoms with E-state index in [1.165, 1.54) is 18.4 Å². The van der Waals surface area contributed by atoms with Gasteiger partial charge in [-0.1, -0.05) is 6.08 Å². The van der Waals surface area contributed by atoms with Gasteiger partial charge in [-0.15, -0.1) is 0 Å². The number of amides is 1. The Bertz CT molecular complexity index is 1180. The van der Waals surface area contributed by atoms with Crippen LogP contribution in [0.3, 0.4) is 0 Å². The number of nitrogens with one attached hydrogen (secondary N) is 2. The highest BCUT2D eigenvalue weighted by Crippen LogP contribution is 2.26. The molecule has 0 spiro atoms. The van der Waals surface area contributed by atoms with Crippen LogP contribution in [-0.4, -0.2) is 21.0 Å². The lowest BCUT2D eigenvalue weighted by molar-refractivity contribution is 0.0944. The molecule has 1 unspecified atom stereocenters. The Hall–Kier alpha value is -3.68. The lowest BCUT2D eigenvalue weighted by atomic mass is 9.93. The minimum absolute atomic E-state index is 0.0824. The van der Waals surface area contributed by atoms with Gasteiger partial charge in [0.15, 0.2) is 5.75 Å². The molecule has 3 N–H and O–H groups in total. The van der Waals surface area contributed by atoms with Crippen LogP contribution in [0.4, 0.5) is 4.39 Å². The zero-order valence-corrected chi connectivity index (χ0v) is 15.3. The normalized spacial score (nSPS) is 16.0. The summed E-state index contributed by atoms with van der Waals surface area (Å²) < 4.78 is 18.2. The molecule has 0 aromatic carbocycles. The molecule has 0 aliphatic heterocycles. The van der Waals surface area contributed by atoms with Crippen molar-refractivity contribution in [3.05, 3.63) is 82.0 Å². The fraction of sp³-hybridized carbons (Fsp3) is 0.190. The number of nitrogens with zero attached hydrogens (tertiary/aromatic N) is 1. The number of carbonyl (C=O) groups excluding carboxylic acids is 1. The fourth-order valence-corrected chi connectivity index (χ4v) is 3.29. The van der Waals surface area contributed by atoms with E-state index < -0.39 is 22.8 Å². The van der Waals surface area contributed by atoms with Crippen molar-refractivity contribution in [1.29, 1.82) is 0 Å². The van der Waals surface area contributed by atoms with Crippen LogP contribution in [0, 0.1) is 5.92 Å². The maximum atomic E-state index is 13.1. The number of hydrogen-bond donors (Lipinski definition) is 3. The summed E-state index contributed by atoms with van der Waals surface area (Å²) in [6.45, 7) is 0.0824. The van der Waals surface area contributed by atoms with Crippen molar-refractivity contribution in [3.63, 3.8) is 0 Å². The van der Waals surface area contributed by atoms with Crippen molar-refractivity contribution in [1.82, 2.24) is 15.3 Å². The Morgan fingerprint density at radius 3 is 3.03 bits per heavy atom. The lowest BCUT2D eigenvalue weighted by Gasteiger charge is -2.14. The summed E-state index contributed by atoms with van der Waals surface area (Å²) in [4.78, 5) is 31.6. The highest BCUT2D eigenvalue weighted by atomic mass is 19.1. The van der Waals surface area contributed by atoms with Gasteiger partial charge in [0.1, 0.15) is 22.7 Å². The van der Waals surface area contributed by atoms with Crippen LogP contribution in [0.5, 0.6) is 5.75 Å². The summed E-state index contributed by atoms with van der Waals surface area (Å²) in [5, 5.41) is 13.0. The lowest BCUT2D eigenvalue weighted by Crippen LogP contribution is -2.29. The molecule has 3 heterocycles. The van der Waals surface area contributed by atoms with Gasteiger partial charge in [-0.2, -0.15) is 0 Å². The second-order valence-corrected chi connectivity index (χ2v) is 6.83. The van der Waals surface area contributed by atoms with Gasteiger partial charge in [-0.05, 0) is 54.7 Å². The van der Waals surface area contributed by atoms with Gasteiger partial charge in [-0.3, -0.25) is 14.6 Å². The zero-order chi connectivity index (χ0) is 20.4. The Morgan fingerprint density at radius 2 is 2.31 bits per heavy atom. The Kier molecular flexibility index (Phi) is 4.99. The molecule has 3 aromatic heterocycles. The molecule has 0 saturated carbocycles. The molecule has 1 aliphatic carbocycles. The van der Waals surface area contributed by atoms with Crippen molar-refractivity contribution in [2.24, 2.45) is 5.92 Å². The molecule has 0 saturated heterocycles. The topological polar surface area (TPSA) is 108 Å². The van der Waals surface area contributed by atoms with Crippen molar-refractivity contribution in [2.75, 3.05) is 0 Å². The third-order valence-electron chi connectivity index (χ3n) is 4.75. The van der Waals surface area contributed by atoms with Crippen LogP contribution in [-0.2, 0) is 13.0 Å². The highest BCUT2D eigenvalue weighted by molar-refractivity contribution is 6.01. The van der Waals surface area contributed by atoms with Gasteiger partial charge in [0, 0.05) is 6.20 Å². The van der Waals surface area contributed by atoms with E-state index in [2.05, 4.69) is 15.3 Å². The molecule has 0 radical (unpaired) electrons. The molecule has 1 aliphatic rings. The molecule has 3 aromatic rings. The average Bonchev–Trinajstić information content (AvgIpc) is 3.21. The third kappa shape index (κ3) is 3.96. The second kappa shape index (κ2) is 7.75. The van der Waals surface area contributed by atoms with E-state index in [1.807, 2.05) is 0 Å². The number of pyridine rings is 2. The van der Waals surface area contributed by atoms with E-state index in [4.69, 9.17) is 4.42 Å². The number of aromatic amines is 1. The third-order valence-corrected chi connectivity index (χ3v) is 4.75. The number of hydrogen-bond acceptors (Lipinski definition) is 5. The summed E-state index contributed by atoms with van der Waals surface area (Å²) in [7, 11) is 0. The van der Waals surface area contributed by atoms with Gasteiger partial charge < -0.3 is 19.8 Å². The standard InChI is InChI=1S/C21H18FN3O4/c22-14-5-3-12(4-6-14)8-13-9-16-18(23-10-13)19(26)17(21(28)25-16)20(27)24-11-15-2-1-7-29-15/h1-3,5-7,9-10,12H,4,8,11H2,(H,24,27)(H2,25,26,28). The zero-order valence-electron chi connectivity index (χ0n) is 15.3. The van der Waals surface area contributed by atoms with Gasteiger partial charge in [0.05, 0.1) is 18.3 Å². The number of fused-ring (bicyclic) bond motifs is 1. The fourth-order valence-electron chi connectivity index (χ4n) is 3.29. The quantitative estimate of drug-likeness (QED) is 0.615. The first-order valence-corrected chi connectivity index (χ1v) is 9.09. The summed E-state index contributed by atoms with van der Waals surface area (Å²) >= 11 is 0. The van der Waals surface area contributed by atoms with Crippen molar-refractivity contribution < 1.29 is 18.7 Å². The average molecular weight is 395 g/mol. The number of allylic oxidation sites excluding steroid dienone is 4. The molecule has 148 valence electrons. The number of aromatic nitrogens is 2. The minimum atomic E-state index is -0.728. The van der Waals surface area contributed by atoms with E-state index in [0.717, 1.165) is 5.56 Å². The van der Waals surface area contributed by atoms with Crippen molar-refractivity contribution in [2.45, 2.75) is 19.4 Å². The summed E-state index contributed by atoms with van der Waals surface area (Å²) in [6.07, 6.45) is 9.00. The van der Waals surface area contributed by atoms with Gasteiger partial charge in [0.25, 0.3) is 11.5 Å². The number of H-pyrrole nitrogens is 1. The first kappa shape index (κ1) is 18.7.